The fraction of sp³-hybridized carbons (Fsp3) is 0.190. The van der Waals surface area contributed by atoms with Crippen molar-refractivity contribution in [3.05, 3.63) is 61.3 Å². The molecule has 7 nitrogen and oxygen atoms in total. The number of ether oxygens (including phenoxy) is 1. The van der Waals surface area contributed by atoms with Crippen LogP contribution in [0.4, 0.5) is 17.5 Å². The molecule has 140 valence electrons. The summed E-state index contributed by atoms with van der Waals surface area (Å²) >= 11 is 0. The van der Waals surface area contributed by atoms with Crippen molar-refractivity contribution in [1.82, 2.24) is 15.0 Å². The van der Waals surface area contributed by atoms with Crippen molar-refractivity contribution < 1.29 is 9.15 Å². The Morgan fingerprint density at radius 2 is 1.82 bits per heavy atom. The predicted octanol–water partition coefficient (Wildman–Crippen LogP) is 3.87. The molecule has 1 aliphatic heterocycles. The first-order valence-electron chi connectivity index (χ1n) is 9.21. The van der Waals surface area contributed by atoms with Gasteiger partial charge in [-0.15, -0.1) is 0 Å². The number of hydrogen-bond donors (Lipinski definition) is 1. The van der Waals surface area contributed by atoms with E-state index < -0.39 is 0 Å². The average molecular weight is 373 g/mol. The molecule has 2 aromatic carbocycles. The summed E-state index contributed by atoms with van der Waals surface area (Å²) in [6.07, 6.45) is 4.65. The summed E-state index contributed by atoms with van der Waals surface area (Å²) in [4.78, 5) is 15.2. The molecule has 0 radical (unpaired) electrons. The van der Waals surface area contributed by atoms with Gasteiger partial charge in [0.25, 0.3) is 6.01 Å². The molecule has 0 saturated carbocycles. The average Bonchev–Trinajstić information content (AvgIpc) is 3.28. The highest BCUT2D eigenvalue weighted by molar-refractivity contribution is 5.93. The highest BCUT2D eigenvalue weighted by Gasteiger charge is 2.13. The molecule has 1 N–H and O–H groups in total. The lowest BCUT2D eigenvalue weighted by molar-refractivity contribution is 0.122. The molecule has 0 spiro atoms. The van der Waals surface area contributed by atoms with Crippen molar-refractivity contribution in [2.24, 2.45) is 0 Å². The lowest BCUT2D eigenvalue weighted by Gasteiger charge is -2.29. The maximum atomic E-state index is 5.47. The molecule has 7 heteroatoms. The van der Waals surface area contributed by atoms with Crippen molar-refractivity contribution in [3.8, 4) is 11.1 Å². The maximum Gasteiger partial charge on any atom is 0.300 e. The molecule has 0 aliphatic carbocycles. The van der Waals surface area contributed by atoms with Crippen LogP contribution in [-0.4, -0.2) is 41.3 Å². The zero-order valence-electron chi connectivity index (χ0n) is 15.2. The number of rotatable bonds is 4. The van der Waals surface area contributed by atoms with Crippen LogP contribution in [0.25, 0.3) is 22.0 Å². The molecule has 5 rings (SSSR count). The Morgan fingerprint density at radius 3 is 2.68 bits per heavy atom. The quantitative estimate of drug-likeness (QED) is 0.582. The van der Waals surface area contributed by atoms with E-state index in [-0.39, 0.29) is 0 Å². The molecule has 1 fully saturated rings. The first-order chi connectivity index (χ1) is 13.9. The van der Waals surface area contributed by atoms with Gasteiger partial charge in [-0.05, 0) is 35.4 Å². The lowest BCUT2D eigenvalue weighted by Crippen LogP contribution is -2.36. The normalized spacial score (nSPS) is 14.4. The Balaban J connectivity index is 1.52. The van der Waals surface area contributed by atoms with Gasteiger partial charge in [0.05, 0.1) is 24.9 Å². The van der Waals surface area contributed by atoms with E-state index in [1.54, 1.807) is 6.20 Å². The molecular formula is C21H19N5O2. The van der Waals surface area contributed by atoms with Gasteiger partial charge >= 0.3 is 0 Å². The van der Waals surface area contributed by atoms with Gasteiger partial charge in [0.1, 0.15) is 18.4 Å². The van der Waals surface area contributed by atoms with Gasteiger partial charge in [-0.25, -0.2) is 15.0 Å². The van der Waals surface area contributed by atoms with Crippen LogP contribution in [0.1, 0.15) is 0 Å². The van der Waals surface area contributed by atoms with E-state index in [9.17, 15) is 0 Å². The minimum Gasteiger partial charge on any atom is -0.432 e. The van der Waals surface area contributed by atoms with E-state index in [1.807, 2.05) is 6.07 Å². The number of nitrogens with zero attached hydrogens (tertiary/aromatic N) is 4. The third kappa shape index (κ3) is 3.27. The first kappa shape index (κ1) is 16.7. The maximum absolute atomic E-state index is 5.47. The van der Waals surface area contributed by atoms with Crippen molar-refractivity contribution in [2.45, 2.75) is 0 Å². The van der Waals surface area contributed by atoms with Gasteiger partial charge in [-0.2, -0.15) is 0 Å². The van der Waals surface area contributed by atoms with E-state index in [1.165, 1.54) is 18.3 Å². The Morgan fingerprint density at radius 1 is 0.929 bits per heavy atom. The minimum atomic E-state index is 0.403. The van der Waals surface area contributed by atoms with Crippen LogP contribution in [0.5, 0.6) is 0 Å². The standard InChI is InChI=1S/C21H19N5O2/c1-2-15(12-17(3-1)26-7-10-27-11-8-26)16-4-5-19-18(13-16)20(24-14-23-19)25-21-22-6-9-28-21/h1-6,9,12-14H,7-8,10-11H2,(H,22,23,24,25). The van der Waals surface area contributed by atoms with Gasteiger partial charge in [-0.3, -0.25) is 5.32 Å². The van der Waals surface area contributed by atoms with E-state index in [0.717, 1.165) is 48.3 Å². The lowest BCUT2D eigenvalue weighted by atomic mass is 10.0. The summed E-state index contributed by atoms with van der Waals surface area (Å²) in [7, 11) is 0. The van der Waals surface area contributed by atoms with Crippen LogP contribution in [0.2, 0.25) is 0 Å². The van der Waals surface area contributed by atoms with E-state index in [4.69, 9.17) is 9.15 Å². The second kappa shape index (κ2) is 7.28. The van der Waals surface area contributed by atoms with E-state index in [0.29, 0.717) is 11.8 Å². The molecule has 0 bridgehead atoms. The molecule has 2 aromatic heterocycles. The zero-order chi connectivity index (χ0) is 18.8. The molecule has 0 atom stereocenters. The smallest absolute Gasteiger partial charge is 0.300 e. The molecule has 4 aromatic rings. The molecule has 28 heavy (non-hydrogen) atoms. The Bertz CT molecular complexity index is 1090. The van der Waals surface area contributed by atoms with Crippen LogP contribution in [0.3, 0.4) is 0 Å². The van der Waals surface area contributed by atoms with Gasteiger partial charge in [0.15, 0.2) is 0 Å². The number of aromatic nitrogens is 3. The van der Waals surface area contributed by atoms with Crippen molar-refractivity contribution >= 4 is 28.4 Å². The molecule has 1 saturated heterocycles. The SMILES string of the molecule is c1cc(-c2ccc3ncnc(Nc4ncco4)c3c2)cc(N2CCOCC2)c1. The second-order valence-corrected chi connectivity index (χ2v) is 6.57. The molecule has 3 heterocycles. The van der Waals surface area contributed by atoms with Gasteiger partial charge < -0.3 is 14.1 Å². The van der Waals surface area contributed by atoms with Crippen LogP contribution < -0.4 is 10.2 Å². The van der Waals surface area contributed by atoms with E-state index in [2.05, 4.69) is 61.6 Å². The highest BCUT2D eigenvalue weighted by Crippen LogP contribution is 2.30. The summed E-state index contributed by atoms with van der Waals surface area (Å²) < 4.78 is 10.8. The number of nitrogens with one attached hydrogen (secondary N) is 1. The number of oxazole rings is 1. The fourth-order valence-corrected chi connectivity index (χ4v) is 3.43. The molecule has 1 aliphatic rings. The summed E-state index contributed by atoms with van der Waals surface area (Å²) in [6, 6.07) is 15.2. The summed E-state index contributed by atoms with van der Waals surface area (Å²) in [5.74, 6) is 0.665. The summed E-state index contributed by atoms with van der Waals surface area (Å²) in [5.41, 5.74) is 4.32. The van der Waals surface area contributed by atoms with Gasteiger partial charge in [0, 0.05) is 24.2 Å². The van der Waals surface area contributed by atoms with Gasteiger partial charge in [0.2, 0.25) is 0 Å². The molecular weight excluding hydrogens is 354 g/mol. The van der Waals surface area contributed by atoms with Crippen LogP contribution in [0.15, 0.2) is 65.7 Å². The van der Waals surface area contributed by atoms with E-state index >= 15 is 0 Å². The third-order valence-corrected chi connectivity index (χ3v) is 4.85. The van der Waals surface area contributed by atoms with Crippen molar-refractivity contribution in [3.63, 3.8) is 0 Å². The number of morpholine rings is 1. The number of anilines is 3. The number of hydrogen-bond acceptors (Lipinski definition) is 7. The Kier molecular flexibility index (Phi) is 4.34. The summed E-state index contributed by atoms with van der Waals surface area (Å²) in [5, 5.41) is 4.03. The number of benzene rings is 2. The topological polar surface area (TPSA) is 76.3 Å². The second-order valence-electron chi connectivity index (χ2n) is 6.57. The Labute approximate surface area is 162 Å². The van der Waals surface area contributed by atoms with Crippen LogP contribution >= 0.6 is 0 Å². The highest BCUT2D eigenvalue weighted by atomic mass is 16.5. The van der Waals surface area contributed by atoms with Crippen molar-refractivity contribution in [1.29, 1.82) is 0 Å². The number of fused-ring (bicyclic) bond motifs is 1. The monoisotopic (exact) mass is 373 g/mol. The predicted molar refractivity (Wildman–Crippen MR) is 108 cm³/mol. The van der Waals surface area contributed by atoms with Gasteiger partial charge in [-0.1, -0.05) is 18.2 Å². The summed E-state index contributed by atoms with van der Waals surface area (Å²) in [6.45, 7) is 3.37. The Hall–Kier alpha value is -3.45. The fourth-order valence-electron chi connectivity index (χ4n) is 3.43. The van der Waals surface area contributed by atoms with Crippen LogP contribution in [0, 0.1) is 0 Å². The zero-order valence-corrected chi connectivity index (χ0v) is 15.2. The largest absolute Gasteiger partial charge is 0.432 e. The first-order valence-corrected chi connectivity index (χ1v) is 9.21. The van der Waals surface area contributed by atoms with Crippen LogP contribution in [-0.2, 0) is 4.74 Å². The minimum absolute atomic E-state index is 0.403. The van der Waals surface area contributed by atoms with Crippen molar-refractivity contribution in [2.75, 3.05) is 36.5 Å². The third-order valence-electron chi connectivity index (χ3n) is 4.85. The molecule has 0 amide bonds. The molecule has 0 unspecified atom stereocenters.